The standard InChI is InChI=1S/C22H13BrClNO2/c23-19-3-1-2-17(13-19)22(26)27-21-10-4-15(5-11-21)12-18(14-25)16-6-8-20(24)9-7-16/h1-13H/b18-12-. The van der Waals surface area contributed by atoms with Crippen LogP contribution in [0.2, 0.25) is 5.02 Å². The van der Waals surface area contributed by atoms with Crippen molar-refractivity contribution in [2.45, 2.75) is 0 Å². The van der Waals surface area contributed by atoms with Crippen LogP contribution in [0.25, 0.3) is 11.6 Å². The lowest BCUT2D eigenvalue weighted by atomic mass is 10.0. The molecule has 27 heavy (non-hydrogen) atoms. The zero-order valence-electron chi connectivity index (χ0n) is 14.0. The molecule has 0 unspecified atom stereocenters. The maximum atomic E-state index is 12.2. The highest BCUT2D eigenvalue weighted by Gasteiger charge is 2.09. The highest BCUT2D eigenvalue weighted by Crippen LogP contribution is 2.22. The van der Waals surface area contributed by atoms with Crippen molar-refractivity contribution in [1.29, 1.82) is 5.26 Å². The van der Waals surface area contributed by atoms with Gasteiger partial charge in [-0.15, -0.1) is 0 Å². The fourth-order valence-corrected chi connectivity index (χ4v) is 2.92. The second kappa shape index (κ2) is 8.68. The molecule has 3 aromatic carbocycles. The van der Waals surface area contributed by atoms with Gasteiger partial charge in [0.1, 0.15) is 5.75 Å². The Hall–Kier alpha value is -2.87. The third-order valence-electron chi connectivity index (χ3n) is 3.74. The molecule has 0 aliphatic rings. The van der Waals surface area contributed by atoms with Gasteiger partial charge in [-0.1, -0.05) is 57.9 Å². The molecule has 0 atom stereocenters. The van der Waals surface area contributed by atoms with Crippen molar-refractivity contribution in [2.24, 2.45) is 0 Å². The first kappa shape index (κ1) is 18.9. The molecule has 3 nitrogen and oxygen atoms in total. The number of halogens is 2. The van der Waals surface area contributed by atoms with E-state index >= 15 is 0 Å². The van der Waals surface area contributed by atoms with Crippen molar-refractivity contribution in [3.8, 4) is 11.8 Å². The van der Waals surface area contributed by atoms with Crippen molar-refractivity contribution in [3.63, 3.8) is 0 Å². The zero-order chi connectivity index (χ0) is 19.2. The second-order valence-electron chi connectivity index (χ2n) is 5.65. The van der Waals surface area contributed by atoms with E-state index < -0.39 is 5.97 Å². The predicted molar refractivity (Wildman–Crippen MR) is 110 cm³/mol. The van der Waals surface area contributed by atoms with Gasteiger partial charge >= 0.3 is 5.97 Å². The molecular formula is C22H13BrClNO2. The minimum absolute atomic E-state index is 0.432. The quantitative estimate of drug-likeness (QED) is 0.205. The molecule has 0 bridgehead atoms. The van der Waals surface area contributed by atoms with Crippen LogP contribution < -0.4 is 4.74 Å². The number of nitriles is 1. The summed E-state index contributed by atoms with van der Waals surface area (Å²) in [5, 5.41) is 10.0. The number of hydrogen-bond donors (Lipinski definition) is 0. The number of hydrogen-bond acceptors (Lipinski definition) is 3. The Morgan fingerprint density at radius 2 is 1.70 bits per heavy atom. The van der Waals surface area contributed by atoms with Crippen molar-refractivity contribution in [3.05, 3.63) is 99.0 Å². The number of carbonyl (C=O) groups is 1. The van der Waals surface area contributed by atoms with Crippen molar-refractivity contribution in [1.82, 2.24) is 0 Å². The Morgan fingerprint density at radius 1 is 1.00 bits per heavy atom. The monoisotopic (exact) mass is 437 g/mol. The molecule has 0 saturated heterocycles. The number of esters is 1. The highest BCUT2D eigenvalue weighted by atomic mass is 79.9. The van der Waals surface area contributed by atoms with Crippen molar-refractivity contribution < 1.29 is 9.53 Å². The van der Waals surface area contributed by atoms with Crippen molar-refractivity contribution >= 4 is 45.1 Å². The summed E-state index contributed by atoms with van der Waals surface area (Å²) >= 11 is 9.22. The molecule has 0 aromatic heterocycles. The van der Waals surface area contributed by atoms with E-state index in [2.05, 4.69) is 22.0 Å². The lowest BCUT2D eigenvalue weighted by Gasteiger charge is -2.05. The maximum Gasteiger partial charge on any atom is 0.343 e. The molecule has 0 radical (unpaired) electrons. The largest absolute Gasteiger partial charge is 0.423 e. The molecule has 5 heteroatoms. The lowest BCUT2D eigenvalue weighted by molar-refractivity contribution is 0.0734. The van der Waals surface area contributed by atoms with Crippen LogP contribution in [0.15, 0.2) is 77.3 Å². The maximum absolute atomic E-state index is 12.2. The summed E-state index contributed by atoms with van der Waals surface area (Å²) in [4.78, 5) is 12.2. The number of benzene rings is 3. The van der Waals surface area contributed by atoms with Gasteiger partial charge in [0.05, 0.1) is 17.2 Å². The van der Waals surface area contributed by atoms with Crippen LogP contribution in [0.1, 0.15) is 21.5 Å². The fraction of sp³-hybridized carbons (Fsp3) is 0. The summed E-state index contributed by atoms with van der Waals surface area (Å²) in [6.07, 6.45) is 1.77. The average Bonchev–Trinajstić information content (AvgIpc) is 2.68. The van der Waals surface area contributed by atoms with Crippen LogP contribution in [0.3, 0.4) is 0 Å². The van der Waals surface area contributed by atoms with Gasteiger partial charge in [-0.2, -0.15) is 5.26 Å². The van der Waals surface area contributed by atoms with E-state index in [4.69, 9.17) is 16.3 Å². The van der Waals surface area contributed by atoms with Crippen LogP contribution in [0, 0.1) is 11.3 Å². The first-order valence-corrected chi connectivity index (χ1v) is 9.18. The summed E-state index contributed by atoms with van der Waals surface area (Å²) in [7, 11) is 0. The van der Waals surface area contributed by atoms with Gasteiger partial charge in [-0.3, -0.25) is 0 Å². The first-order valence-electron chi connectivity index (χ1n) is 8.01. The molecule has 3 aromatic rings. The third kappa shape index (κ3) is 5.07. The Bertz CT molecular complexity index is 1040. The Balaban J connectivity index is 1.75. The normalized spacial score (nSPS) is 10.9. The van der Waals surface area contributed by atoms with Crippen LogP contribution in [0.5, 0.6) is 5.75 Å². The molecule has 0 spiro atoms. The Kier molecular flexibility index (Phi) is 6.08. The SMILES string of the molecule is N#C/C(=C/c1ccc(OC(=O)c2cccc(Br)c2)cc1)c1ccc(Cl)cc1. The average molecular weight is 439 g/mol. The van der Waals surface area contributed by atoms with Crippen molar-refractivity contribution in [2.75, 3.05) is 0 Å². The molecule has 0 aliphatic heterocycles. The predicted octanol–water partition coefficient (Wildman–Crippen LogP) is 6.39. The van der Waals surface area contributed by atoms with Gasteiger partial charge in [0.25, 0.3) is 0 Å². The molecule has 132 valence electrons. The number of ether oxygens (including phenoxy) is 1. The molecule has 3 rings (SSSR count). The second-order valence-corrected chi connectivity index (χ2v) is 7.00. The molecule has 0 N–H and O–H groups in total. The van der Waals surface area contributed by atoms with Crippen LogP contribution in [-0.2, 0) is 0 Å². The molecule has 0 fully saturated rings. The van der Waals surface area contributed by atoms with E-state index in [0.717, 1.165) is 15.6 Å². The number of allylic oxidation sites excluding steroid dienone is 1. The molecule has 0 saturated carbocycles. The van der Waals surface area contributed by atoms with Gasteiger partial charge in [0.2, 0.25) is 0 Å². The van der Waals surface area contributed by atoms with Gasteiger partial charge in [0.15, 0.2) is 0 Å². The third-order valence-corrected chi connectivity index (χ3v) is 4.48. The van der Waals surface area contributed by atoms with Gasteiger partial charge in [0, 0.05) is 9.50 Å². The van der Waals surface area contributed by atoms with Gasteiger partial charge in [-0.25, -0.2) is 4.79 Å². The topological polar surface area (TPSA) is 50.1 Å². The summed E-state index contributed by atoms with van der Waals surface area (Å²) < 4.78 is 6.19. The molecular weight excluding hydrogens is 426 g/mol. The van der Waals surface area contributed by atoms with E-state index in [0.29, 0.717) is 21.9 Å². The lowest BCUT2D eigenvalue weighted by Crippen LogP contribution is -2.08. The van der Waals surface area contributed by atoms with Crippen LogP contribution in [0.4, 0.5) is 0 Å². The van der Waals surface area contributed by atoms with E-state index in [9.17, 15) is 10.1 Å². The number of carbonyl (C=O) groups excluding carboxylic acids is 1. The summed E-state index contributed by atoms with van der Waals surface area (Å²) in [5.41, 5.74) is 2.59. The number of nitrogens with zero attached hydrogens (tertiary/aromatic N) is 1. The van der Waals surface area contributed by atoms with Crippen LogP contribution >= 0.6 is 27.5 Å². The van der Waals surface area contributed by atoms with E-state index in [1.54, 1.807) is 72.8 Å². The van der Waals surface area contributed by atoms with Gasteiger partial charge < -0.3 is 4.74 Å². The fourth-order valence-electron chi connectivity index (χ4n) is 2.39. The minimum Gasteiger partial charge on any atom is -0.423 e. The zero-order valence-corrected chi connectivity index (χ0v) is 16.4. The summed E-state index contributed by atoms with van der Waals surface area (Å²) in [5.74, 6) is 0.000552. The Morgan fingerprint density at radius 3 is 2.33 bits per heavy atom. The molecule has 0 aliphatic carbocycles. The van der Waals surface area contributed by atoms with Crippen LogP contribution in [-0.4, -0.2) is 5.97 Å². The molecule has 0 heterocycles. The minimum atomic E-state index is -0.432. The van der Waals surface area contributed by atoms with E-state index in [1.807, 2.05) is 6.07 Å². The summed E-state index contributed by atoms with van der Waals surface area (Å²) in [6, 6.07) is 23.2. The smallest absolute Gasteiger partial charge is 0.343 e. The van der Waals surface area contributed by atoms with Gasteiger partial charge in [-0.05, 0) is 59.7 Å². The van der Waals surface area contributed by atoms with E-state index in [-0.39, 0.29) is 0 Å². The number of rotatable bonds is 4. The van der Waals surface area contributed by atoms with E-state index in [1.165, 1.54) is 0 Å². The molecule has 0 amide bonds. The summed E-state index contributed by atoms with van der Waals surface area (Å²) in [6.45, 7) is 0. The Labute approximate surface area is 170 Å². The first-order chi connectivity index (χ1) is 13.0. The highest BCUT2D eigenvalue weighted by molar-refractivity contribution is 9.10.